The quantitative estimate of drug-likeness (QED) is 0.280. The lowest BCUT2D eigenvalue weighted by molar-refractivity contribution is -0.384. The Morgan fingerprint density at radius 1 is 1.03 bits per heavy atom. The molecule has 3 aromatic carbocycles. The van der Waals surface area contributed by atoms with Crippen molar-refractivity contribution in [3.05, 3.63) is 93.5 Å². The number of benzene rings is 3. The van der Waals surface area contributed by atoms with E-state index in [0.717, 1.165) is 5.56 Å². The normalized spacial score (nSPS) is 10.6. The van der Waals surface area contributed by atoms with Gasteiger partial charge in [0.1, 0.15) is 12.4 Å². The summed E-state index contributed by atoms with van der Waals surface area (Å²) in [4.78, 5) is 22.7. The maximum Gasteiger partial charge on any atom is 0.275 e. The highest BCUT2D eigenvalue weighted by atomic mass is 16.6. The van der Waals surface area contributed by atoms with Crippen LogP contribution in [0.25, 0.3) is 0 Å². The summed E-state index contributed by atoms with van der Waals surface area (Å²) in [6.07, 6.45) is 1.50. The Morgan fingerprint density at radius 3 is 2.48 bits per heavy atom. The summed E-state index contributed by atoms with van der Waals surface area (Å²) < 4.78 is 16.7. The summed E-state index contributed by atoms with van der Waals surface area (Å²) in [7, 11) is 1.50. The fourth-order valence-corrected chi connectivity index (χ4v) is 2.93. The molecule has 0 aromatic heterocycles. The molecule has 0 spiro atoms. The molecular weight excluding hydrogens is 426 g/mol. The second kappa shape index (κ2) is 11.3. The number of para-hydroxylation sites is 1. The number of nitro benzene ring substituents is 1. The zero-order valence-electron chi connectivity index (χ0n) is 18.2. The van der Waals surface area contributed by atoms with E-state index in [0.29, 0.717) is 35.0 Å². The molecule has 3 rings (SSSR count). The third-order valence-corrected chi connectivity index (χ3v) is 4.54. The van der Waals surface area contributed by atoms with Crippen molar-refractivity contribution < 1.29 is 23.9 Å². The fourth-order valence-electron chi connectivity index (χ4n) is 2.93. The number of methoxy groups -OCH3 is 1. The lowest BCUT2D eigenvalue weighted by atomic mass is 10.2. The molecule has 170 valence electrons. The Hall–Kier alpha value is -4.40. The van der Waals surface area contributed by atoms with Crippen LogP contribution in [0.1, 0.15) is 28.4 Å². The van der Waals surface area contributed by atoms with Crippen molar-refractivity contribution in [2.45, 2.75) is 13.5 Å². The van der Waals surface area contributed by atoms with Gasteiger partial charge in [-0.25, -0.2) is 5.43 Å². The second-order valence-corrected chi connectivity index (χ2v) is 6.75. The summed E-state index contributed by atoms with van der Waals surface area (Å²) >= 11 is 0. The van der Waals surface area contributed by atoms with Gasteiger partial charge in [0.2, 0.25) is 0 Å². The first kappa shape index (κ1) is 23.3. The highest BCUT2D eigenvalue weighted by Gasteiger charge is 2.11. The van der Waals surface area contributed by atoms with Crippen LogP contribution in [-0.4, -0.2) is 30.8 Å². The number of hydrogen-bond acceptors (Lipinski definition) is 7. The minimum atomic E-state index is -0.448. The summed E-state index contributed by atoms with van der Waals surface area (Å²) in [5.41, 5.74) is 4.36. The molecule has 3 aromatic rings. The fraction of sp³-hybridized carbons (Fsp3) is 0.167. The molecule has 9 nitrogen and oxygen atoms in total. The van der Waals surface area contributed by atoms with Crippen molar-refractivity contribution in [2.75, 3.05) is 13.7 Å². The summed E-state index contributed by atoms with van der Waals surface area (Å²) in [6, 6.07) is 18.3. The van der Waals surface area contributed by atoms with Crippen LogP contribution >= 0.6 is 0 Å². The average molecular weight is 449 g/mol. The zero-order valence-corrected chi connectivity index (χ0v) is 18.2. The monoisotopic (exact) mass is 449 g/mol. The highest BCUT2D eigenvalue weighted by Crippen LogP contribution is 2.29. The van der Waals surface area contributed by atoms with E-state index in [1.54, 1.807) is 54.6 Å². The average Bonchev–Trinajstić information content (AvgIpc) is 2.84. The highest BCUT2D eigenvalue weighted by molar-refractivity contribution is 5.97. The van der Waals surface area contributed by atoms with E-state index in [2.05, 4.69) is 10.5 Å². The van der Waals surface area contributed by atoms with E-state index in [4.69, 9.17) is 14.2 Å². The van der Waals surface area contributed by atoms with E-state index < -0.39 is 10.8 Å². The van der Waals surface area contributed by atoms with Crippen molar-refractivity contribution in [1.82, 2.24) is 5.43 Å². The maximum absolute atomic E-state index is 12.3. The number of amides is 1. The topological polar surface area (TPSA) is 112 Å². The first-order valence-electron chi connectivity index (χ1n) is 10.1. The third kappa shape index (κ3) is 6.30. The van der Waals surface area contributed by atoms with Crippen molar-refractivity contribution in [3.63, 3.8) is 0 Å². The Bertz CT molecular complexity index is 1150. The van der Waals surface area contributed by atoms with Gasteiger partial charge in [-0.3, -0.25) is 14.9 Å². The molecule has 0 unspecified atom stereocenters. The molecule has 0 aliphatic carbocycles. The molecule has 1 amide bonds. The zero-order chi connectivity index (χ0) is 23.6. The number of non-ortho nitro benzene ring substituents is 1. The molecule has 0 radical (unpaired) electrons. The van der Waals surface area contributed by atoms with Gasteiger partial charge in [0, 0.05) is 12.1 Å². The standard InChI is InChI=1S/C24H23N3O6/c1-3-32-23-14-18(15-25-26-24(28)20-6-4-5-7-21(20)31-2)10-13-22(23)33-16-17-8-11-19(12-9-17)27(29)30/h4-15H,3,16H2,1-2H3,(H,26,28)/b25-15+. The molecule has 1 N–H and O–H groups in total. The van der Waals surface area contributed by atoms with Crippen LogP contribution in [0.15, 0.2) is 71.8 Å². The molecule has 0 aliphatic heterocycles. The van der Waals surface area contributed by atoms with Gasteiger partial charge in [0.15, 0.2) is 11.5 Å². The van der Waals surface area contributed by atoms with Gasteiger partial charge in [-0.05, 0) is 60.5 Å². The lowest BCUT2D eigenvalue weighted by Gasteiger charge is -2.12. The molecule has 0 bridgehead atoms. The van der Waals surface area contributed by atoms with Gasteiger partial charge in [0.05, 0.1) is 30.4 Å². The molecule has 0 fully saturated rings. The molecular formula is C24H23N3O6. The Labute approximate surface area is 190 Å². The van der Waals surface area contributed by atoms with Crippen molar-refractivity contribution in [2.24, 2.45) is 5.10 Å². The van der Waals surface area contributed by atoms with Crippen molar-refractivity contribution in [1.29, 1.82) is 0 Å². The third-order valence-electron chi connectivity index (χ3n) is 4.54. The van der Waals surface area contributed by atoms with E-state index in [-0.39, 0.29) is 12.3 Å². The van der Waals surface area contributed by atoms with Gasteiger partial charge < -0.3 is 14.2 Å². The predicted octanol–water partition coefficient (Wildman–Crippen LogP) is 4.35. The lowest BCUT2D eigenvalue weighted by Crippen LogP contribution is -2.18. The molecule has 0 saturated carbocycles. The van der Waals surface area contributed by atoms with Crippen LogP contribution in [0.5, 0.6) is 17.2 Å². The molecule has 0 heterocycles. The van der Waals surface area contributed by atoms with Crippen LogP contribution in [0, 0.1) is 10.1 Å². The van der Waals surface area contributed by atoms with Gasteiger partial charge in [-0.1, -0.05) is 12.1 Å². The van der Waals surface area contributed by atoms with Crippen LogP contribution < -0.4 is 19.6 Å². The molecule has 9 heteroatoms. The number of hydrazone groups is 1. The Kier molecular flexibility index (Phi) is 7.96. The van der Waals surface area contributed by atoms with Crippen molar-refractivity contribution in [3.8, 4) is 17.2 Å². The predicted molar refractivity (Wildman–Crippen MR) is 123 cm³/mol. The maximum atomic E-state index is 12.3. The van der Waals surface area contributed by atoms with Gasteiger partial charge in [0.25, 0.3) is 11.6 Å². The molecule has 33 heavy (non-hydrogen) atoms. The van der Waals surface area contributed by atoms with Gasteiger partial charge in [-0.15, -0.1) is 0 Å². The smallest absolute Gasteiger partial charge is 0.275 e. The SMILES string of the molecule is CCOc1cc(/C=N/NC(=O)c2ccccc2OC)ccc1OCc1ccc([N+](=O)[O-])cc1. The summed E-state index contributed by atoms with van der Waals surface area (Å²) in [6.45, 7) is 2.51. The first-order valence-corrected chi connectivity index (χ1v) is 10.1. The Balaban J connectivity index is 1.66. The first-order chi connectivity index (χ1) is 16.0. The number of nitrogens with zero attached hydrogens (tertiary/aromatic N) is 2. The van der Waals surface area contributed by atoms with E-state index in [1.807, 2.05) is 6.92 Å². The summed E-state index contributed by atoms with van der Waals surface area (Å²) in [5, 5.41) is 14.8. The molecule has 0 atom stereocenters. The number of nitro groups is 1. The number of rotatable bonds is 10. The number of carbonyl (C=O) groups is 1. The molecule has 0 aliphatic rings. The minimum absolute atomic E-state index is 0.0233. The minimum Gasteiger partial charge on any atom is -0.496 e. The second-order valence-electron chi connectivity index (χ2n) is 6.75. The van der Waals surface area contributed by atoms with Crippen LogP contribution in [0.3, 0.4) is 0 Å². The van der Waals surface area contributed by atoms with Gasteiger partial charge in [-0.2, -0.15) is 5.10 Å². The summed E-state index contributed by atoms with van der Waals surface area (Å²) in [5.74, 6) is 1.10. The molecule has 0 saturated heterocycles. The van der Waals surface area contributed by atoms with E-state index in [1.165, 1.54) is 25.5 Å². The van der Waals surface area contributed by atoms with Crippen LogP contribution in [0.2, 0.25) is 0 Å². The Morgan fingerprint density at radius 2 is 1.79 bits per heavy atom. The number of carbonyl (C=O) groups excluding carboxylic acids is 1. The van der Waals surface area contributed by atoms with Crippen molar-refractivity contribution >= 4 is 17.8 Å². The number of nitrogens with one attached hydrogen (secondary N) is 1. The van der Waals surface area contributed by atoms with Crippen LogP contribution in [0.4, 0.5) is 5.69 Å². The van der Waals surface area contributed by atoms with Gasteiger partial charge >= 0.3 is 0 Å². The van der Waals surface area contributed by atoms with Crippen LogP contribution in [-0.2, 0) is 6.61 Å². The van der Waals surface area contributed by atoms with E-state index >= 15 is 0 Å². The van der Waals surface area contributed by atoms with E-state index in [9.17, 15) is 14.9 Å². The largest absolute Gasteiger partial charge is 0.496 e. The number of ether oxygens (including phenoxy) is 3. The number of hydrogen-bond donors (Lipinski definition) is 1.